The van der Waals surface area contributed by atoms with Crippen molar-refractivity contribution in [1.82, 2.24) is 4.90 Å². The van der Waals surface area contributed by atoms with E-state index < -0.39 is 16.7 Å². The van der Waals surface area contributed by atoms with Gasteiger partial charge < -0.3 is 15.0 Å². The standard InChI is InChI=1S/C30H30N4O6S/c1-4-32(5-2)24-14-13-21(15-27-29(36)33(30(37)41-27)18-22-10-7-6-9-20(22)3)26(17-24)40-19-28(35)31-23-11-8-12-25(16-23)34(38)39/h6-17H,4-5,18-19H2,1-3H3,(H,31,35)/b27-15-. The second-order valence-corrected chi connectivity index (χ2v) is 10.2. The molecule has 3 aromatic rings. The molecule has 0 radical (unpaired) electrons. The van der Waals surface area contributed by atoms with Crippen molar-refractivity contribution in [2.75, 3.05) is 29.9 Å². The number of nitro groups is 1. The van der Waals surface area contributed by atoms with Gasteiger partial charge in [0.25, 0.3) is 22.7 Å². The molecule has 41 heavy (non-hydrogen) atoms. The molecule has 1 heterocycles. The Morgan fingerprint density at radius 1 is 1.07 bits per heavy atom. The van der Waals surface area contributed by atoms with Crippen LogP contribution in [0, 0.1) is 17.0 Å². The summed E-state index contributed by atoms with van der Waals surface area (Å²) in [6.45, 7) is 7.28. The monoisotopic (exact) mass is 574 g/mol. The number of carbonyl (C=O) groups excluding carboxylic acids is 3. The van der Waals surface area contributed by atoms with Crippen molar-refractivity contribution in [1.29, 1.82) is 0 Å². The van der Waals surface area contributed by atoms with Gasteiger partial charge in [-0.15, -0.1) is 0 Å². The van der Waals surface area contributed by atoms with E-state index in [2.05, 4.69) is 10.2 Å². The first-order valence-corrected chi connectivity index (χ1v) is 13.9. The number of non-ortho nitro benzene ring substituents is 1. The number of hydrogen-bond donors (Lipinski definition) is 1. The van der Waals surface area contributed by atoms with Crippen LogP contribution in [0.5, 0.6) is 5.75 Å². The lowest BCUT2D eigenvalue weighted by atomic mass is 10.1. The number of carbonyl (C=O) groups is 3. The molecule has 212 valence electrons. The summed E-state index contributed by atoms with van der Waals surface area (Å²) in [7, 11) is 0. The fourth-order valence-electron chi connectivity index (χ4n) is 4.33. The van der Waals surface area contributed by atoms with Crippen molar-refractivity contribution in [2.45, 2.75) is 27.3 Å². The second kappa shape index (κ2) is 13.1. The Hall–Kier alpha value is -4.64. The number of hydrogen-bond acceptors (Lipinski definition) is 8. The molecule has 0 spiro atoms. The molecule has 0 saturated carbocycles. The van der Waals surface area contributed by atoms with Crippen LogP contribution in [-0.2, 0) is 16.1 Å². The number of nitrogens with zero attached hydrogens (tertiary/aromatic N) is 3. The molecule has 4 rings (SSSR count). The molecule has 1 saturated heterocycles. The molecule has 3 aromatic carbocycles. The lowest BCUT2D eigenvalue weighted by Crippen LogP contribution is -2.27. The summed E-state index contributed by atoms with van der Waals surface area (Å²) in [5, 5.41) is 13.3. The van der Waals surface area contributed by atoms with Gasteiger partial charge in [0.05, 0.1) is 16.4 Å². The van der Waals surface area contributed by atoms with Crippen LogP contribution >= 0.6 is 11.8 Å². The van der Waals surface area contributed by atoms with E-state index >= 15 is 0 Å². The van der Waals surface area contributed by atoms with E-state index in [1.165, 1.54) is 23.1 Å². The largest absolute Gasteiger partial charge is 0.483 e. The fraction of sp³-hybridized carbons (Fsp3) is 0.233. The predicted molar refractivity (Wildman–Crippen MR) is 160 cm³/mol. The number of thioether (sulfide) groups is 1. The minimum absolute atomic E-state index is 0.144. The lowest BCUT2D eigenvalue weighted by molar-refractivity contribution is -0.384. The Morgan fingerprint density at radius 2 is 1.83 bits per heavy atom. The highest BCUT2D eigenvalue weighted by molar-refractivity contribution is 8.18. The average Bonchev–Trinajstić information content (AvgIpc) is 3.22. The fourth-order valence-corrected chi connectivity index (χ4v) is 5.15. The highest BCUT2D eigenvalue weighted by atomic mass is 32.2. The predicted octanol–water partition coefficient (Wildman–Crippen LogP) is 6.00. The maximum absolute atomic E-state index is 13.2. The molecule has 0 unspecified atom stereocenters. The van der Waals surface area contributed by atoms with E-state index in [1.54, 1.807) is 24.3 Å². The van der Waals surface area contributed by atoms with Gasteiger partial charge in [0.1, 0.15) is 5.75 Å². The maximum atomic E-state index is 13.2. The van der Waals surface area contributed by atoms with Crippen molar-refractivity contribution in [2.24, 2.45) is 0 Å². The van der Waals surface area contributed by atoms with E-state index in [9.17, 15) is 24.5 Å². The SMILES string of the molecule is CCN(CC)c1ccc(/C=C2\SC(=O)N(Cc3ccccc3C)C2=O)c(OCC(=O)Nc2cccc([N+](=O)[O-])c2)c1. The number of anilines is 2. The summed E-state index contributed by atoms with van der Waals surface area (Å²) >= 11 is 0.858. The van der Waals surface area contributed by atoms with Gasteiger partial charge in [0.15, 0.2) is 6.61 Å². The molecule has 10 nitrogen and oxygen atoms in total. The molecule has 1 aliphatic rings. The Kier molecular flexibility index (Phi) is 9.41. The van der Waals surface area contributed by atoms with Crippen LogP contribution < -0.4 is 15.0 Å². The third-order valence-corrected chi connectivity index (χ3v) is 7.48. The van der Waals surface area contributed by atoms with Gasteiger partial charge in [-0.2, -0.15) is 0 Å². The first-order valence-electron chi connectivity index (χ1n) is 13.1. The smallest absolute Gasteiger partial charge is 0.293 e. The van der Waals surface area contributed by atoms with Crippen LogP contribution in [0.3, 0.4) is 0 Å². The molecule has 1 fully saturated rings. The molecule has 0 aromatic heterocycles. The first-order chi connectivity index (χ1) is 19.7. The Balaban J connectivity index is 1.56. The summed E-state index contributed by atoms with van der Waals surface area (Å²) < 4.78 is 5.90. The number of benzene rings is 3. The van der Waals surface area contributed by atoms with Crippen LogP contribution in [0.4, 0.5) is 21.9 Å². The Labute approximate surface area is 242 Å². The molecular formula is C30H30N4O6S. The van der Waals surface area contributed by atoms with Crippen LogP contribution in [-0.4, -0.2) is 46.6 Å². The summed E-state index contributed by atoms with van der Waals surface area (Å²) in [6.07, 6.45) is 1.60. The number of nitro benzene ring substituents is 1. The van der Waals surface area contributed by atoms with Crippen molar-refractivity contribution >= 4 is 52.0 Å². The molecule has 1 aliphatic heterocycles. The summed E-state index contributed by atoms with van der Waals surface area (Å²) in [6, 6.07) is 18.7. The normalized spacial score (nSPS) is 13.9. The van der Waals surface area contributed by atoms with Crippen molar-refractivity contribution < 1.29 is 24.0 Å². The van der Waals surface area contributed by atoms with E-state index in [0.29, 0.717) is 11.3 Å². The number of amides is 3. The number of aryl methyl sites for hydroxylation is 1. The van der Waals surface area contributed by atoms with E-state index in [1.807, 2.05) is 51.1 Å². The number of rotatable bonds is 11. The molecule has 11 heteroatoms. The van der Waals surface area contributed by atoms with Crippen molar-refractivity contribution in [3.05, 3.63) is 98.4 Å². The molecule has 0 bridgehead atoms. The number of imide groups is 1. The zero-order valence-corrected chi connectivity index (χ0v) is 23.8. The molecule has 1 N–H and O–H groups in total. The molecule has 3 amide bonds. The lowest BCUT2D eigenvalue weighted by Gasteiger charge is -2.22. The van der Waals surface area contributed by atoms with Gasteiger partial charge in [-0.3, -0.25) is 29.4 Å². The van der Waals surface area contributed by atoms with Gasteiger partial charge in [0, 0.05) is 48.2 Å². The first kappa shape index (κ1) is 29.3. The summed E-state index contributed by atoms with van der Waals surface area (Å²) in [4.78, 5) is 52.7. The van der Waals surface area contributed by atoms with E-state index in [0.717, 1.165) is 41.7 Å². The van der Waals surface area contributed by atoms with E-state index in [4.69, 9.17) is 4.74 Å². The number of ether oxygens (including phenoxy) is 1. The van der Waals surface area contributed by atoms with E-state index in [-0.39, 0.29) is 34.7 Å². The topological polar surface area (TPSA) is 122 Å². The quantitative estimate of drug-likeness (QED) is 0.168. The summed E-state index contributed by atoms with van der Waals surface area (Å²) in [5.41, 5.74) is 3.40. The third-order valence-electron chi connectivity index (χ3n) is 6.58. The maximum Gasteiger partial charge on any atom is 0.293 e. The third kappa shape index (κ3) is 7.12. The minimum atomic E-state index is -0.542. The minimum Gasteiger partial charge on any atom is -0.483 e. The van der Waals surface area contributed by atoms with Gasteiger partial charge >= 0.3 is 0 Å². The zero-order chi connectivity index (χ0) is 29.5. The van der Waals surface area contributed by atoms with Crippen molar-refractivity contribution in [3.8, 4) is 5.75 Å². The van der Waals surface area contributed by atoms with Crippen LogP contribution in [0.25, 0.3) is 6.08 Å². The second-order valence-electron chi connectivity index (χ2n) is 9.23. The van der Waals surface area contributed by atoms with Crippen LogP contribution in [0.1, 0.15) is 30.5 Å². The highest BCUT2D eigenvalue weighted by Gasteiger charge is 2.35. The van der Waals surface area contributed by atoms with Gasteiger partial charge in [0.2, 0.25) is 0 Å². The van der Waals surface area contributed by atoms with Gasteiger partial charge in [-0.25, -0.2) is 0 Å². The van der Waals surface area contributed by atoms with Gasteiger partial charge in [-0.05, 0) is 67.9 Å². The summed E-state index contributed by atoms with van der Waals surface area (Å²) in [5.74, 6) is -0.553. The Morgan fingerprint density at radius 3 is 2.54 bits per heavy atom. The molecule has 0 atom stereocenters. The average molecular weight is 575 g/mol. The van der Waals surface area contributed by atoms with Crippen LogP contribution in [0.2, 0.25) is 0 Å². The highest BCUT2D eigenvalue weighted by Crippen LogP contribution is 2.36. The number of nitrogens with one attached hydrogen (secondary N) is 1. The molecular weight excluding hydrogens is 544 g/mol. The van der Waals surface area contributed by atoms with Crippen molar-refractivity contribution in [3.63, 3.8) is 0 Å². The Bertz CT molecular complexity index is 1520. The molecule has 0 aliphatic carbocycles. The van der Waals surface area contributed by atoms with Crippen LogP contribution in [0.15, 0.2) is 71.6 Å². The van der Waals surface area contributed by atoms with Gasteiger partial charge in [-0.1, -0.05) is 30.3 Å². The zero-order valence-electron chi connectivity index (χ0n) is 23.0.